The van der Waals surface area contributed by atoms with Gasteiger partial charge in [0.15, 0.2) is 11.5 Å². The van der Waals surface area contributed by atoms with Gasteiger partial charge in [-0.1, -0.05) is 0 Å². The molecular weight excluding hydrogens is 230 g/mol. The first-order valence-corrected chi connectivity index (χ1v) is 5.86. The number of rotatable bonds is 3. The highest BCUT2D eigenvalue weighted by molar-refractivity contribution is 5.94. The van der Waals surface area contributed by atoms with E-state index >= 15 is 0 Å². The first-order valence-electron chi connectivity index (χ1n) is 5.86. The smallest absolute Gasteiger partial charge is 0.228 e. The minimum Gasteiger partial charge on any atom is -0.441 e. The summed E-state index contributed by atoms with van der Waals surface area (Å²) in [6.45, 7) is 3.61. The molecule has 1 aromatic heterocycles. The molecule has 0 aliphatic heterocycles. The Kier molecular flexibility index (Phi) is 3.34. The van der Waals surface area contributed by atoms with Crippen LogP contribution in [0.3, 0.4) is 0 Å². The molecule has 2 aromatic rings. The summed E-state index contributed by atoms with van der Waals surface area (Å²) < 4.78 is 5.39. The topological polar surface area (TPSA) is 72.4 Å². The third kappa shape index (κ3) is 2.51. The summed E-state index contributed by atoms with van der Waals surface area (Å²) in [6, 6.07) is 5.36. The van der Waals surface area contributed by atoms with Crippen LogP contribution in [0.25, 0.3) is 11.1 Å². The lowest BCUT2D eigenvalue weighted by Gasteiger charge is -2.18. The highest BCUT2D eigenvalue weighted by Crippen LogP contribution is 2.22. The normalized spacial score (nSPS) is 12.7. The van der Waals surface area contributed by atoms with E-state index in [0.717, 1.165) is 16.8 Å². The van der Waals surface area contributed by atoms with Crippen LogP contribution in [0.4, 0.5) is 5.69 Å². The Morgan fingerprint density at radius 3 is 2.94 bits per heavy atom. The summed E-state index contributed by atoms with van der Waals surface area (Å²) in [5.41, 5.74) is 7.90. The van der Waals surface area contributed by atoms with Crippen LogP contribution in [0.1, 0.15) is 19.2 Å². The molecule has 0 aliphatic carbocycles. The molecular formula is C13H17N3O2. The molecule has 1 aromatic carbocycles. The van der Waals surface area contributed by atoms with Gasteiger partial charge in [0.1, 0.15) is 5.52 Å². The predicted molar refractivity (Wildman–Crippen MR) is 70.4 cm³/mol. The van der Waals surface area contributed by atoms with Gasteiger partial charge in [-0.25, -0.2) is 4.98 Å². The Labute approximate surface area is 106 Å². The summed E-state index contributed by atoms with van der Waals surface area (Å²) in [6.07, 6.45) is 0.326. The van der Waals surface area contributed by atoms with Crippen molar-refractivity contribution in [3.05, 3.63) is 24.1 Å². The number of amides is 1. The lowest BCUT2D eigenvalue weighted by molar-refractivity contribution is -0.118. The van der Waals surface area contributed by atoms with Gasteiger partial charge in [0.25, 0.3) is 0 Å². The number of aryl methyl sites for hydroxylation is 1. The van der Waals surface area contributed by atoms with Crippen molar-refractivity contribution in [2.75, 3.05) is 11.9 Å². The van der Waals surface area contributed by atoms with Gasteiger partial charge in [0.2, 0.25) is 5.91 Å². The number of anilines is 1. The quantitative estimate of drug-likeness (QED) is 0.898. The van der Waals surface area contributed by atoms with E-state index in [9.17, 15) is 4.79 Å². The van der Waals surface area contributed by atoms with E-state index in [1.807, 2.05) is 25.1 Å². The molecule has 2 rings (SSSR count). The molecule has 0 saturated heterocycles. The van der Waals surface area contributed by atoms with Crippen molar-refractivity contribution in [1.29, 1.82) is 0 Å². The van der Waals surface area contributed by atoms with Crippen LogP contribution in [-0.2, 0) is 4.79 Å². The third-order valence-electron chi connectivity index (χ3n) is 2.74. The second kappa shape index (κ2) is 4.78. The molecule has 96 valence electrons. The van der Waals surface area contributed by atoms with Gasteiger partial charge in [-0.05, 0) is 25.1 Å². The zero-order valence-electron chi connectivity index (χ0n) is 10.8. The van der Waals surface area contributed by atoms with Gasteiger partial charge in [0.05, 0.1) is 0 Å². The molecule has 0 radical (unpaired) electrons. The van der Waals surface area contributed by atoms with Gasteiger partial charge in [-0.3, -0.25) is 4.79 Å². The molecule has 0 fully saturated rings. The molecule has 5 nitrogen and oxygen atoms in total. The van der Waals surface area contributed by atoms with Crippen molar-refractivity contribution in [3.63, 3.8) is 0 Å². The Morgan fingerprint density at radius 1 is 1.56 bits per heavy atom. The molecule has 0 saturated carbocycles. The molecule has 0 spiro atoms. The Hall–Kier alpha value is -1.88. The first kappa shape index (κ1) is 12.6. The fourth-order valence-corrected chi connectivity index (χ4v) is 1.80. The van der Waals surface area contributed by atoms with Crippen molar-refractivity contribution in [1.82, 2.24) is 4.98 Å². The number of aromatic nitrogens is 1. The van der Waals surface area contributed by atoms with Gasteiger partial charge in [0, 0.05) is 32.1 Å². The van der Waals surface area contributed by atoms with Crippen LogP contribution in [0, 0.1) is 6.92 Å². The van der Waals surface area contributed by atoms with E-state index in [2.05, 4.69) is 4.98 Å². The van der Waals surface area contributed by atoms with E-state index in [1.165, 1.54) is 0 Å². The summed E-state index contributed by atoms with van der Waals surface area (Å²) >= 11 is 0. The zero-order chi connectivity index (χ0) is 13.3. The molecule has 1 unspecified atom stereocenters. The van der Waals surface area contributed by atoms with Crippen molar-refractivity contribution >= 4 is 22.7 Å². The molecule has 5 heteroatoms. The fraction of sp³-hybridized carbons (Fsp3) is 0.385. The molecule has 0 aliphatic rings. The van der Waals surface area contributed by atoms with Gasteiger partial charge >= 0.3 is 0 Å². The SMILES string of the molecule is Cc1nc2cc(N(C)C(=O)CC(C)N)ccc2o1. The van der Waals surface area contributed by atoms with Crippen LogP contribution < -0.4 is 10.6 Å². The number of benzene rings is 1. The van der Waals surface area contributed by atoms with Crippen molar-refractivity contribution < 1.29 is 9.21 Å². The van der Waals surface area contributed by atoms with Gasteiger partial charge in [-0.15, -0.1) is 0 Å². The van der Waals surface area contributed by atoms with Crippen LogP contribution >= 0.6 is 0 Å². The minimum absolute atomic E-state index is 0.00966. The van der Waals surface area contributed by atoms with Gasteiger partial charge in [-0.2, -0.15) is 0 Å². The number of carbonyl (C=O) groups excluding carboxylic acids is 1. The number of carbonyl (C=O) groups is 1. The minimum atomic E-state index is -0.141. The van der Waals surface area contributed by atoms with E-state index < -0.39 is 0 Å². The van der Waals surface area contributed by atoms with Crippen molar-refractivity contribution in [2.24, 2.45) is 5.73 Å². The molecule has 1 amide bonds. The van der Waals surface area contributed by atoms with E-state index in [-0.39, 0.29) is 11.9 Å². The van der Waals surface area contributed by atoms with E-state index in [1.54, 1.807) is 18.9 Å². The molecule has 1 atom stereocenters. The first-order chi connectivity index (χ1) is 8.47. The van der Waals surface area contributed by atoms with Crippen molar-refractivity contribution in [2.45, 2.75) is 26.3 Å². The van der Waals surface area contributed by atoms with Crippen LogP contribution in [-0.4, -0.2) is 24.0 Å². The zero-order valence-corrected chi connectivity index (χ0v) is 10.8. The summed E-state index contributed by atoms with van der Waals surface area (Å²) in [7, 11) is 1.73. The monoisotopic (exact) mass is 247 g/mol. The molecule has 1 heterocycles. The van der Waals surface area contributed by atoms with Crippen molar-refractivity contribution in [3.8, 4) is 0 Å². The highest BCUT2D eigenvalue weighted by Gasteiger charge is 2.14. The second-order valence-electron chi connectivity index (χ2n) is 4.52. The average Bonchev–Trinajstić information content (AvgIpc) is 2.65. The Morgan fingerprint density at radius 2 is 2.28 bits per heavy atom. The number of fused-ring (bicyclic) bond motifs is 1. The summed E-state index contributed by atoms with van der Waals surface area (Å²) in [4.78, 5) is 17.7. The van der Waals surface area contributed by atoms with Crippen LogP contribution in [0.2, 0.25) is 0 Å². The average molecular weight is 247 g/mol. The lowest BCUT2D eigenvalue weighted by atomic mass is 10.2. The fourth-order valence-electron chi connectivity index (χ4n) is 1.80. The van der Waals surface area contributed by atoms with E-state index in [4.69, 9.17) is 10.2 Å². The lowest BCUT2D eigenvalue weighted by Crippen LogP contribution is -2.31. The molecule has 18 heavy (non-hydrogen) atoms. The summed E-state index contributed by atoms with van der Waals surface area (Å²) in [5, 5.41) is 0. The Bertz CT molecular complexity index is 575. The maximum absolute atomic E-state index is 11.9. The highest BCUT2D eigenvalue weighted by atomic mass is 16.3. The number of nitrogens with two attached hydrogens (primary N) is 1. The third-order valence-corrected chi connectivity index (χ3v) is 2.74. The maximum Gasteiger partial charge on any atom is 0.228 e. The second-order valence-corrected chi connectivity index (χ2v) is 4.52. The predicted octanol–water partition coefficient (Wildman–Crippen LogP) is 1.84. The number of hydrogen-bond donors (Lipinski definition) is 1. The van der Waals surface area contributed by atoms with E-state index in [0.29, 0.717) is 12.3 Å². The van der Waals surface area contributed by atoms with Crippen LogP contribution in [0.15, 0.2) is 22.6 Å². The summed E-state index contributed by atoms with van der Waals surface area (Å²) in [5.74, 6) is 0.608. The largest absolute Gasteiger partial charge is 0.441 e. The number of oxazole rings is 1. The number of nitrogens with zero attached hydrogens (tertiary/aromatic N) is 2. The maximum atomic E-state index is 11.9. The number of hydrogen-bond acceptors (Lipinski definition) is 4. The van der Waals surface area contributed by atoms with Crippen LogP contribution in [0.5, 0.6) is 0 Å². The Balaban J connectivity index is 2.27. The standard InChI is InChI=1S/C13H17N3O2/c1-8(14)6-13(17)16(3)10-4-5-12-11(7-10)15-9(2)18-12/h4-5,7-8H,6,14H2,1-3H3. The van der Waals surface area contributed by atoms with Gasteiger partial charge < -0.3 is 15.1 Å². The molecule has 0 bridgehead atoms. The molecule has 2 N–H and O–H groups in total.